The van der Waals surface area contributed by atoms with E-state index in [1.807, 2.05) is 19.1 Å². The lowest BCUT2D eigenvalue weighted by Crippen LogP contribution is -1.84. The highest BCUT2D eigenvalue weighted by Gasteiger charge is 2.14. The molecule has 0 aliphatic rings. The number of nitrogens with zero attached hydrogens (tertiary/aromatic N) is 2. The molecule has 0 spiro atoms. The second-order valence-electron chi connectivity index (χ2n) is 5.62. The number of H-pyrrole nitrogens is 1. The van der Waals surface area contributed by atoms with Gasteiger partial charge >= 0.3 is 0 Å². The highest BCUT2D eigenvalue weighted by Crippen LogP contribution is 2.37. The Balaban J connectivity index is 1.67. The number of phenolic OH excluding ortho intramolecular Hbond substituents is 1. The zero-order chi connectivity index (χ0) is 16.7. The molecule has 0 unspecified atom stereocenters. The number of imidazole rings is 1. The first-order valence-electron chi connectivity index (χ1n) is 7.48. The van der Waals surface area contributed by atoms with Crippen molar-refractivity contribution in [3.8, 4) is 16.3 Å². The maximum absolute atomic E-state index is 13.0. The predicted octanol–water partition coefficient (Wildman–Crippen LogP) is 4.43. The molecule has 2 aromatic carbocycles. The number of rotatable bonds is 3. The van der Waals surface area contributed by atoms with Gasteiger partial charge in [-0.3, -0.25) is 0 Å². The van der Waals surface area contributed by atoms with E-state index in [0.29, 0.717) is 17.5 Å². The van der Waals surface area contributed by atoms with Gasteiger partial charge in [0, 0.05) is 17.5 Å². The van der Waals surface area contributed by atoms with Crippen molar-refractivity contribution in [3.05, 3.63) is 64.7 Å². The number of benzene rings is 2. The minimum Gasteiger partial charge on any atom is -0.505 e. The lowest BCUT2D eigenvalue weighted by molar-refractivity contribution is 0.482. The number of hydrogen-bond donors (Lipinski definition) is 2. The van der Waals surface area contributed by atoms with Crippen LogP contribution in [0, 0.1) is 12.7 Å². The van der Waals surface area contributed by atoms with Crippen LogP contribution in [0.3, 0.4) is 0 Å². The molecule has 2 aromatic heterocycles. The third-order valence-electron chi connectivity index (χ3n) is 3.82. The Bertz CT molecular complexity index is 1020. The van der Waals surface area contributed by atoms with Gasteiger partial charge < -0.3 is 10.1 Å². The van der Waals surface area contributed by atoms with E-state index >= 15 is 0 Å². The van der Waals surface area contributed by atoms with Gasteiger partial charge in [-0.25, -0.2) is 14.4 Å². The van der Waals surface area contributed by atoms with Crippen molar-refractivity contribution < 1.29 is 9.50 Å². The Morgan fingerprint density at radius 3 is 2.75 bits per heavy atom. The molecule has 2 N–H and O–H groups in total. The Morgan fingerprint density at radius 1 is 1.17 bits per heavy atom. The van der Waals surface area contributed by atoms with E-state index in [4.69, 9.17) is 0 Å². The van der Waals surface area contributed by atoms with Crippen LogP contribution in [0.2, 0.25) is 0 Å². The predicted molar refractivity (Wildman–Crippen MR) is 92.8 cm³/mol. The minimum absolute atomic E-state index is 0.138. The Labute approximate surface area is 141 Å². The van der Waals surface area contributed by atoms with Gasteiger partial charge in [-0.1, -0.05) is 12.1 Å². The normalized spacial score (nSPS) is 11.2. The fourth-order valence-electron chi connectivity index (χ4n) is 2.67. The number of halogens is 1. The minimum atomic E-state index is -0.240. The first-order chi connectivity index (χ1) is 11.6. The largest absolute Gasteiger partial charge is 0.505 e. The molecule has 0 radical (unpaired) electrons. The van der Waals surface area contributed by atoms with E-state index in [2.05, 4.69) is 15.0 Å². The van der Waals surface area contributed by atoms with Crippen molar-refractivity contribution in [3.63, 3.8) is 0 Å². The molecular weight excluding hydrogens is 325 g/mol. The molecule has 4 nitrogen and oxygen atoms in total. The number of fused-ring (bicyclic) bond motifs is 1. The second-order valence-corrected chi connectivity index (χ2v) is 6.73. The molecule has 0 fully saturated rings. The van der Waals surface area contributed by atoms with Crippen LogP contribution >= 0.6 is 11.3 Å². The second kappa shape index (κ2) is 5.72. The third kappa shape index (κ3) is 2.65. The molecule has 0 amide bonds. The molecule has 24 heavy (non-hydrogen) atoms. The maximum atomic E-state index is 13.0. The average molecular weight is 339 g/mol. The van der Waals surface area contributed by atoms with Crippen LogP contribution in [-0.2, 0) is 6.42 Å². The van der Waals surface area contributed by atoms with Crippen LogP contribution in [0.4, 0.5) is 4.39 Å². The van der Waals surface area contributed by atoms with Gasteiger partial charge in [0.05, 0.1) is 11.1 Å². The van der Waals surface area contributed by atoms with E-state index < -0.39 is 0 Å². The fourth-order valence-corrected chi connectivity index (χ4v) is 3.65. The van der Waals surface area contributed by atoms with Gasteiger partial charge in [0.15, 0.2) is 5.75 Å². The average Bonchev–Trinajstić information content (AvgIpc) is 3.16. The van der Waals surface area contributed by atoms with Crippen LogP contribution in [0.1, 0.15) is 16.3 Å². The molecule has 0 atom stereocenters. The Morgan fingerprint density at radius 2 is 1.96 bits per heavy atom. The molecule has 4 rings (SSSR count). The van der Waals surface area contributed by atoms with Crippen molar-refractivity contribution >= 4 is 22.4 Å². The van der Waals surface area contributed by atoms with Gasteiger partial charge in [-0.2, -0.15) is 0 Å². The van der Waals surface area contributed by atoms with Crippen LogP contribution in [0.5, 0.6) is 5.75 Å². The van der Waals surface area contributed by atoms with Crippen molar-refractivity contribution in [2.75, 3.05) is 0 Å². The van der Waals surface area contributed by atoms with Crippen molar-refractivity contribution in [2.45, 2.75) is 13.3 Å². The number of aryl methyl sites for hydroxylation is 1. The van der Waals surface area contributed by atoms with Crippen LogP contribution in [0.15, 0.2) is 42.6 Å². The number of nitrogens with one attached hydrogen (secondary N) is 1. The fraction of sp³-hybridized carbons (Fsp3) is 0.111. The Hall–Kier alpha value is -2.73. The molecule has 0 aliphatic carbocycles. The summed E-state index contributed by atoms with van der Waals surface area (Å²) in [5, 5.41) is 11.2. The van der Waals surface area contributed by atoms with E-state index in [1.165, 1.54) is 23.5 Å². The monoisotopic (exact) mass is 339 g/mol. The molecule has 0 saturated heterocycles. The van der Waals surface area contributed by atoms with E-state index in [1.54, 1.807) is 18.3 Å². The summed E-state index contributed by atoms with van der Waals surface area (Å²) >= 11 is 1.51. The summed E-state index contributed by atoms with van der Waals surface area (Å²) in [7, 11) is 0. The number of aromatic hydroxyl groups is 1. The van der Waals surface area contributed by atoms with Crippen LogP contribution < -0.4 is 0 Å². The van der Waals surface area contributed by atoms with Crippen molar-refractivity contribution in [1.29, 1.82) is 0 Å². The summed E-state index contributed by atoms with van der Waals surface area (Å²) in [6.45, 7) is 1.85. The number of aromatic amines is 1. The van der Waals surface area contributed by atoms with E-state index in [-0.39, 0.29) is 11.6 Å². The summed E-state index contributed by atoms with van der Waals surface area (Å²) in [4.78, 5) is 12.9. The van der Waals surface area contributed by atoms with E-state index in [0.717, 1.165) is 26.8 Å². The molecule has 2 heterocycles. The number of aromatic nitrogens is 3. The first kappa shape index (κ1) is 14.8. The standard InChI is InChI=1S/C18H14FN3OS/c1-10-21-15-7-6-14(17(23)16(15)22-10)18-20-9-13(24-18)8-11-2-4-12(19)5-3-11/h2-7,9,23H,8H2,1H3,(H,21,22). The van der Waals surface area contributed by atoms with E-state index in [9.17, 15) is 9.50 Å². The number of thiazole rings is 1. The van der Waals surface area contributed by atoms with Gasteiger partial charge in [0.1, 0.15) is 22.2 Å². The molecule has 0 bridgehead atoms. The van der Waals surface area contributed by atoms with Crippen molar-refractivity contribution in [2.24, 2.45) is 0 Å². The third-order valence-corrected chi connectivity index (χ3v) is 4.85. The molecule has 4 aromatic rings. The smallest absolute Gasteiger partial charge is 0.153 e. The van der Waals surface area contributed by atoms with Crippen LogP contribution in [-0.4, -0.2) is 20.1 Å². The number of phenols is 1. The quantitative estimate of drug-likeness (QED) is 0.580. The highest BCUT2D eigenvalue weighted by molar-refractivity contribution is 7.15. The lowest BCUT2D eigenvalue weighted by Gasteiger charge is -2.01. The topological polar surface area (TPSA) is 61.8 Å². The van der Waals surface area contributed by atoms with Crippen molar-refractivity contribution in [1.82, 2.24) is 15.0 Å². The van der Waals surface area contributed by atoms with Gasteiger partial charge in [0.25, 0.3) is 0 Å². The van der Waals surface area contributed by atoms with Gasteiger partial charge in [-0.15, -0.1) is 11.3 Å². The molecule has 6 heteroatoms. The first-order valence-corrected chi connectivity index (χ1v) is 8.29. The van der Waals surface area contributed by atoms with Gasteiger partial charge in [-0.05, 0) is 36.8 Å². The Kier molecular flexibility index (Phi) is 3.54. The zero-order valence-electron chi connectivity index (χ0n) is 12.9. The molecule has 0 saturated carbocycles. The van der Waals surface area contributed by atoms with Crippen LogP contribution in [0.25, 0.3) is 21.6 Å². The summed E-state index contributed by atoms with van der Waals surface area (Å²) in [5.74, 6) is 0.657. The summed E-state index contributed by atoms with van der Waals surface area (Å²) < 4.78 is 13.0. The number of hydrogen-bond acceptors (Lipinski definition) is 4. The van der Waals surface area contributed by atoms with Gasteiger partial charge in [0.2, 0.25) is 0 Å². The lowest BCUT2D eigenvalue weighted by atomic mass is 10.1. The summed E-state index contributed by atoms with van der Waals surface area (Å²) in [6.07, 6.45) is 2.48. The maximum Gasteiger partial charge on any atom is 0.153 e. The molecular formula is C18H14FN3OS. The molecule has 0 aliphatic heterocycles. The zero-order valence-corrected chi connectivity index (χ0v) is 13.7. The molecule has 120 valence electrons. The summed E-state index contributed by atoms with van der Waals surface area (Å²) in [5.41, 5.74) is 3.05. The SMILES string of the molecule is Cc1nc2c(O)c(-c3ncc(Cc4ccc(F)cc4)s3)ccc2[nH]1. The highest BCUT2D eigenvalue weighted by atomic mass is 32.1. The summed E-state index contributed by atoms with van der Waals surface area (Å²) in [6, 6.07) is 10.2.